The van der Waals surface area contributed by atoms with E-state index in [9.17, 15) is 4.79 Å². The van der Waals surface area contributed by atoms with Crippen LogP contribution in [0.3, 0.4) is 0 Å². The lowest BCUT2D eigenvalue weighted by atomic mass is 10.1. The largest absolute Gasteiger partial charge is 0.461 e. The minimum absolute atomic E-state index is 0.125. The van der Waals surface area contributed by atoms with Gasteiger partial charge < -0.3 is 14.2 Å². The Labute approximate surface area is 121 Å². The van der Waals surface area contributed by atoms with Crippen LogP contribution in [0.2, 0.25) is 0 Å². The van der Waals surface area contributed by atoms with Gasteiger partial charge in [-0.2, -0.15) is 0 Å². The average molecular weight is 282 g/mol. The molecule has 1 N–H and O–H groups in total. The van der Waals surface area contributed by atoms with Gasteiger partial charge in [0.15, 0.2) is 17.8 Å². The summed E-state index contributed by atoms with van der Waals surface area (Å²) >= 11 is 0. The summed E-state index contributed by atoms with van der Waals surface area (Å²) in [6.45, 7) is 1.92. The number of benzene rings is 1. The minimum Gasteiger partial charge on any atom is -0.461 e. The van der Waals surface area contributed by atoms with Gasteiger partial charge in [-0.1, -0.05) is 30.3 Å². The molecule has 2 aromatic heterocycles. The van der Waals surface area contributed by atoms with Crippen molar-refractivity contribution in [2.45, 2.75) is 13.0 Å². The molecule has 0 fully saturated rings. The van der Waals surface area contributed by atoms with Gasteiger partial charge in [0.1, 0.15) is 0 Å². The second kappa shape index (κ2) is 5.66. The molecule has 0 unspecified atom stereocenters. The fraction of sp³-hybridized carbons (Fsp3) is 0.125. The van der Waals surface area contributed by atoms with Gasteiger partial charge >= 0.3 is 0 Å². The lowest BCUT2D eigenvalue weighted by molar-refractivity contribution is 0.0935. The molecule has 0 aliphatic rings. The first-order chi connectivity index (χ1) is 10.3. The van der Waals surface area contributed by atoms with E-state index in [4.69, 9.17) is 8.83 Å². The van der Waals surface area contributed by atoms with Gasteiger partial charge in [0.2, 0.25) is 5.76 Å². The summed E-state index contributed by atoms with van der Waals surface area (Å²) in [6.07, 6.45) is 2.76. The molecule has 0 saturated carbocycles. The van der Waals surface area contributed by atoms with Gasteiger partial charge in [0, 0.05) is 0 Å². The average Bonchev–Trinajstić information content (AvgIpc) is 3.18. The van der Waals surface area contributed by atoms with Crippen LogP contribution in [0.25, 0.3) is 11.5 Å². The van der Waals surface area contributed by atoms with E-state index in [-0.39, 0.29) is 17.6 Å². The zero-order valence-corrected chi connectivity index (χ0v) is 11.4. The summed E-state index contributed by atoms with van der Waals surface area (Å²) in [7, 11) is 0. The highest BCUT2D eigenvalue weighted by Gasteiger charge is 2.21. The molecule has 0 aliphatic carbocycles. The van der Waals surface area contributed by atoms with Gasteiger partial charge in [0.05, 0.1) is 12.3 Å². The number of carbonyl (C=O) groups is 1. The Kier molecular flexibility index (Phi) is 3.55. The molecule has 1 amide bonds. The van der Waals surface area contributed by atoms with Crippen LogP contribution in [0.15, 0.2) is 64.0 Å². The highest BCUT2D eigenvalue weighted by Crippen LogP contribution is 2.24. The highest BCUT2D eigenvalue weighted by atomic mass is 16.4. The maximum atomic E-state index is 12.3. The molecule has 0 spiro atoms. The maximum Gasteiger partial charge on any atom is 0.274 e. The summed E-state index contributed by atoms with van der Waals surface area (Å²) in [5, 5.41) is 2.90. The van der Waals surface area contributed by atoms with E-state index >= 15 is 0 Å². The molecular weight excluding hydrogens is 268 g/mol. The monoisotopic (exact) mass is 282 g/mol. The number of rotatable bonds is 4. The zero-order valence-electron chi connectivity index (χ0n) is 11.4. The maximum absolute atomic E-state index is 12.3. The van der Waals surface area contributed by atoms with Gasteiger partial charge in [0.25, 0.3) is 5.91 Å². The third kappa shape index (κ3) is 2.72. The number of aromatic nitrogens is 1. The van der Waals surface area contributed by atoms with Crippen molar-refractivity contribution in [3.8, 4) is 11.5 Å². The van der Waals surface area contributed by atoms with Gasteiger partial charge in [-0.25, -0.2) is 4.98 Å². The Morgan fingerprint density at radius 3 is 2.67 bits per heavy atom. The zero-order chi connectivity index (χ0) is 14.7. The van der Waals surface area contributed by atoms with Gasteiger partial charge in [-0.3, -0.25) is 4.79 Å². The number of nitrogens with zero attached hydrogens (tertiary/aromatic N) is 1. The van der Waals surface area contributed by atoms with Gasteiger partial charge in [-0.05, 0) is 24.6 Å². The van der Waals surface area contributed by atoms with Crippen LogP contribution < -0.4 is 5.32 Å². The Bertz CT molecular complexity index is 717. The SMILES string of the molecule is C[C@H](NC(=O)c1ncoc1-c1ccco1)c1ccccc1. The first-order valence-corrected chi connectivity index (χ1v) is 6.59. The third-order valence-corrected chi connectivity index (χ3v) is 3.17. The van der Waals surface area contributed by atoms with E-state index in [0.717, 1.165) is 5.56 Å². The van der Waals surface area contributed by atoms with E-state index in [1.54, 1.807) is 12.1 Å². The number of nitrogens with one attached hydrogen (secondary N) is 1. The summed E-state index contributed by atoms with van der Waals surface area (Å²) in [5.41, 5.74) is 1.24. The Morgan fingerprint density at radius 1 is 1.14 bits per heavy atom. The summed E-state index contributed by atoms with van der Waals surface area (Å²) in [6, 6.07) is 13.0. The molecule has 2 heterocycles. The van der Waals surface area contributed by atoms with E-state index < -0.39 is 0 Å². The van der Waals surface area contributed by atoms with Crippen LogP contribution in [0.1, 0.15) is 29.0 Å². The molecule has 5 nitrogen and oxygen atoms in total. The van der Waals surface area contributed by atoms with Crippen LogP contribution in [-0.4, -0.2) is 10.9 Å². The van der Waals surface area contributed by atoms with Crippen LogP contribution in [-0.2, 0) is 0 Å². The van der Waals surface area contributed by atoms with Crippen LogP contribution >= 0.6 is 0 Å². The van der Waals surface area contributed by atoms with Crippen LogP contribution in [0.5, 0.6) is 0 Å². The molecule has 106 valence electrons. The smallest absolute Gasteiger partial charge is 0.274 e. The fourth-order valence-corrected chi connectivity index (χ4v) is 2.08. The van der Waals surface area contributed by atoms with Crippen molar-refractivity contribution in [1.29, 1.82) is 0 Å². The minimum atomic E-state index is -0.300. The number of hydrogen-bond acceptors (Lipinski definition) is 4. The molecule has 1 aromatic carbocycles. The molecule has 1 atom stereocenters. The molecule has 21 heavy (non-hydrogen) atoms. The number of hydrogen-bond donors (Lipinski definition) is 1. The molecule has 5 heteroatoms. The standard InChI is InChI=1S/C16H14N2O3/c1-11(12-6-3-2-4-7-12)18-16(19)14-15(21-10-17-14)13-8-5-9-20-13/h2-11H,1H3,(H,18,19)/t11-/m0/s1. The van der Waals surface area contributed by atoms with Gasteiger partial charge in [-0.15, -0.1) is 0 Å². The molecule has 0 bridgehead atoms. The van der Waals surface area contributed by atoms with Crippen molar-refractivity contribution in [3.63, 3.8) is 0 Å². The molecule has 0 saturated heterocycles. The molecular formula is C16H14N2O3. The van der Waals surface area contributed by atoms with Crippen molar-refractivity contribution in [2.75, 3.05) is 0 Å². The summed E-state index contributed by atoms with van der Waals surface area (Å²) < 4.78 is 10.5. The second-order valence-corrected chi connectivity index (χ2v) is 4.61. The first kappa shape index (κ1) is 13.2. The summed E-state index contributed by atoms with van der Waals surface area (Å²) in [5.74, 6) is 0.509. The lowest BCUT2D eigenvalue weighted by Gasteiger charge is -2.13. The second-order valence-electron chi connectivity index (χ2n) is 4.61. The topological polar surface area (TPSA) is 68.3 Å². The normalized spacial score (nSPS) is 12.0. The van der Waals surface area contributed by atoms with Crippen molar-refractivity contribution >= 4 is 5.91 Å². The van der Waals surface area contributed by atoms with E-state index in [2.05, 4.69) is 10.3 Å². The first-order valence-electron chi connectivity index (χ1n) is 6.59. The van der Waals surface area contributed by atoms with Crippen molar-refractivity contribution in [3.05, 3.63) is 66.4 Å². The number of furan rings is 1. The third-order valence-electron chi connectivity index (χ3n) is 3.17. The van der Waals surface area contributed by atoms with Crippen molar-refractivity contribution in [1.82, 2.24) is 10.3 Å². The highest BCUT2D eigenvalue weighted by molar-refractivity contribution is 5.97. The Balaban J connectivity index is 1.79. The lowest BCUT2D eigenvalue weighted by Crippen LogP contribution is -2.27. The van der Waals surface area contributed by atoms with E-state index in [1.165, 1.54) is 12.7 Å². The molecule has 0 aliphatic heterocycles. The van der Waals surface area contributed by atoms with Crippen LogP contribution in [0.4, 0.5) is 0 Å². The van der Waals surface area contributed by atoms with Crippen molar-refractivity contribution < 1.29 is 13.6 Å². The Morgan fingerprint density at radius 2 is 1.95 bits per heavy atom. The molecule has 0 radical (unpaired) electrons. The fourth-order valence-electron chi connectivity index (χ4n) is 2.08. The number of carbonyl (C=O) groups excluding carboxylic acids is 1. The predicted molar refractivity (Wildman–Crippen MR) is 76.5 cm³/mol. The van der Waals surface area contributed by atoms with Crippen molar-refractivity contribution in [2.24, 2.45) is 0 Å². The quantitative estimate of drug-likeness (QED) is 0.796. The predicted octanol–water partition coefficient (Wildman–Crippen LogP) is 3.43. The summed E-state index contributed by atoms with van der Waals surface area (Å²) in [4.78, 5) is 16.3. The number of oxazole rings is 1. The van der Waals surface area contributed by atoms with E-state index in [0.29, 0.717) is 11.5 Å². The Hall–Kier alpha value is -2.82. The van der Waals surface area contributed by atoms with E-state index in [1.807, 2.05) is 37.3 Å². The number of amides is 1. The van der Waals surface area contributed by atoms with Crippen LogP contribution in [0, 0.1) is 0 Å². The molecule has 3 aromatic rings. The molecule has 3 rings (SSSR count).